The summed E-state index contributed by atoms with van der Waals surface area (Å²) in [6.07, 6.45) is 2.43. The van der Waals surface area contributed by atoms with Crippen molar-refractivity contribution in [2.45, 2.75) is 32.6 Å². The van der Waals surface area contributed by atoms with E-state index in [2.05, 4.69) is 0 Å². The van der Waals surface area contributed by atoms with Gasteiger partial charge in [0, 0.05) is 38.1 Å². The summed E-state index contributed by atoms with van der Waals surface area (Å²) in [4.78, 5) is 26.2. The maximum absolute atomic E-state index is 12.8. The molecule has 0 radical (unpaired) electrons. The first-order chi connectivity index (χ1) is 11.1. The van der Waals surface area contributed by atoms with Crippen LogP contribution < -0.4 is 0 Å². The summed E-state index contributed by atoms with van der Waals surface area (Å²) in [5.41, 5.74) is 0.451. The Kier molecular flexibility index (Phi) is 6.71. The lowest BCUT2D eigenvalue weighted by Crippen LogP contribution is -2.41. The van der Waals surface area contributed by atoms with E-state index >= 15 is 0 Å². The Labute approximate surface area is 136 Å². The van der Waals surface area contributed by atoms with Crippen LogP contribution in [-0.2, 0) is 9.53 Å². The molecule has 1 aromatic carbocycles. The Balaban J connectivity index is 1.79. The van der Waals surface area contributed by atoms with Crippen molar-refractivity contribution in [3.05, 3.63) is 35.6 Å². The molecular weight excluding hydrogens is 297 g/mol. The third kappa shape index (κ3) is 5.43. The lowest BCUT2D eigenvalue weighted by Gasteiger charge is -2.32. The second kappa shape index (κ2) is 8.77. The van der Waals surface area contributed by atoms with Crippen molar-refractivity contribution < 1.29 is 18.7 Å². The van der Waals surface area contributed by atoms with Crippen molar-refractivity contribution in [3.8, 4) is 0 Å². The van der Waals surface area contributed by atoms with Crippen LogP contribution in [0.4, 0.5) is 4.39 Å². The largest absolute Gasteiger partial charge is 0.381 e. The van der Waals surface area contributed by atoms with Crippen molar-refractivity contribution in [1.82, 2.24) is 4.90 Å². The minimum atomic E-state index is -0.369. The monoisotopic (exact) mass is 321 g/mol. The number of amides is 1. The van der Waals surface area contributed by atoms with Gasteiger partial charge in [0.05, 0.1) is 6.61 Å². The molecule has 0 saturated carbocycles. The van der Waals surface area contributed by atoms with E-state index in [1.807, 2.05) is 11.8 Å². The Morgan fingerprint density at radius 3 is 2.70 bits per heavy atom. The highest BCUT2D eigenvalue weighted by atomic mass is 19.1. The van der Waals surface area contributed by atoms with E-state index in [0.29, 0.717) is 31.2 Å². The van der Waals surface area contributed by atoms with E-state index in [0.717, 1.165) is 19.4 Å². The number of carbonyl (C=O) groups excluding carboxylic acids is 2. The number of carbonyl (C=O) groups is 2. The Morgan fingerprint density at radius 2 is 2.00 bits per heavy atom. The van der Waals surface area contributed by atoms with E-state index in [4.69, 9.17) is 4.74 Å². The van der Waals surface area contributed by atoms with Gasteiger partial charge in [0.2, 0.25) is 5.91 Å². The van der Waals surface area contributed by atoms with Crippen LogP contribution in [0.3, 0.4) is 0 Å². The molecule has 1 saturated heterocycles. The summed E-state index contributed by atoms with van der Waals surface area (Å²) in [5.74, 6) is -0.0883. The molecule has 1 heterocycles. The molecule has 2 rings (SSSR count). The average molecular weight is 321 g/mol. The first kappa shape index (κ1) is 17.6. The molecular formula is C18H24FNO3. The molecule has 1 aromatic rings. The van der Waals surface area contributed by atoms with E-state index in [-0.39, 0.29) is 30.3 Å². The number of nitrogens with zero attached hydrogens (tertiary/aromatic N) is 1. The molecule has 0 aliphatic carbocycles. The smallest absolute Gasteiger partial charge is 0.223 e. The summed E-state index contributed by atoms with van der Waals surface area (Å²) in [5, 5.41) is 0. The van der Waals surface area contributed by atoms with E-state index in [9.17, 15) is 14.0 Å². The number of piperidine rings is 1. The van der Waals surface area contributed by atoms with Crippen LogP contribution in [0.15, 0.2) is 24.3 Å². The normalized spacial score (nSPS) is 18.0. The molecule has 1 aliphatic rings. The highest BCUT2D eigenvalue weighted by Gasteiger charge is 2.24. The predicted molar refractivity (Wildman–Crippen MR) is 85.8 cm³/mol. The maximum Gasteiger partial charge on any atom is 0.223 e. The number of Topliss-reactive ketones (excluding diaryl/α,β-unsaturated/α-hetero) is 1. The molecule has 126 valence electrons. The van der Waals surface area contributed by atoms with Crippen molar-refractivity contribution in [2.24, 2.45) is 5.92 Å². The fourth-order valence-corrected chi connectivity index (χ4v) is 2.87. The SMILES string of the molecule is CCOCC1CCCN(C(=O)CCC(=O)c2ccc(F)cc2)C1. The Morgan fingerprint density at radius 1 is 1.26 bits per heavy atom. The molecule has 0 N–H and O–H groups in total. The number of halogens is 1. The Bertz CT molecular complexity index is 530. The second-order valence-electron chi connectivity index (χ2n) is 5.94. The number of hydrogen-bond acceptors (Lipinski definition) is 3. The topological polar surface area (TPSA) is 46.6 Å². The van der Waals surface area contributed by atoms with Gasteiger partial charge >= 0.3 is 0 Å². The van der Waals surface area contributed by atoms with Crippen LogP contribution in [0.5, 0.6) is 0 Å². The fourth-order valence-electron chi connectivity index (χ4n) is 2.87. The molecule has 1 aliphatic heterocycles. The van der Waals surface area contributed by atoms with Gasteiger partial charge in [0.1, 0.15) is 5.82 Å². The third-order valence-electron chi connectivity index (χ3n) is 4.16. The molecule has 1 atom stereocenters. The molecule has 0 aromatic heterocycles. The molecule has 1 unspecified atom stereocenters. The number of likely N-dealkylation sites (tertiary alicyclic amines) is 1. The van der Waals surface area contributed by atoms with Gasteiger partial charge in [-0.05, 0) is 49.9 Å². The third-order valence-corrected chi connectivity index (χ3v) is 4.16. The fraction of sp³-hybridized carbons (Fsp3) is 0.556. The van der Waals surface area contributed by atoms with Gasteiger partial charge in [-0.1, -0.05) is 0 Å². The van der Waals surface area contributed by atoms with Crippen LogP contribution in [0.25, 0.3) is 0 Å². The van der Waals surface area contributed by atoms with Gasteiger partial charge in [-0.25, -0.2) is 4.39 Å². The predicted octanol–water partition coefficient (Wildman–Crippen LogP) is 3.06. The van der Waals surface area contributed by atoms with Gasteiger partial charge in [-0.15, -0.1) is 0 Å². The molecule has 1 fully saturated rings. The molecule has 0 bridgehead atoms. The average Bonchev–Trinajstić information content (AvgIpc) is 2.58. The highest BCUT2D eigenvalue weighted by Crippen LogP contribution is 2.18. The summed E-state index contributed by atoms with van der Waals surface area (Å²) < 4.78 is 18.3. The van der Waals surface area contributed by atoms with E-state index < -0.39 is 0 Å². The molecule has 1 amide bonds. The minimum absolute atomic E-state index is 0.0154. The van der Waals surface area contributed by atoms with Crippen LogP contribution in [0, 0.1) is 11.7 Å². The van der Waals surface area contributed by atoms with Gasteiger partial charge in [0.15, 0.2) is 5.78 Å². The lowest BCUT2D eigenvalue weighted by atomic mass is 9.98. The summed E-state index contributed by atoms with van der Waals surface area (Å²) in [6, 6.07) is 5.44. The van der Waals surface area contributed by atoms with Gasteiger partial charge in [0.25, 0.3) is 0 Å². The van der Waals surface area contributed by atoms with E-state index in [1.165, 1.54) is 24.3 Å². The molecule has 5 heteroatoms. The summed E-state index contributed by atoms with van der Waals surface area (Å²) in [7, 11) is 0. The molecule has 4 nitrogen and oxygen atoms in total. The van der Waals surface area contributed by atoms with Crippen LogP contribution in [0.1, 0.15) is 43.0 Å². The zero-order valence-electron chi connectivity index (χ0n) is 13.6. The standard InChI is InChI=1S/C18H24FNO3/c1-2-23-13-14-4-3-11-20(12-14)18(22)10-9-17(21)15-5-7-16(19)8-6-15/h5-8,14H,2-4,9-13H2,1H3. The van der Waals surface area contributed by atoms with Crippen LogP contribution in [-0.4, -0.2) is 42.9 Å². The molecule has 0 spiro atoms. The summed E-state index contributed by atoms with van der Waals surface area (Å²) in [6.45, 7) is 4.81. The number of ether oxygens (including phenoxy) is 1. The maximum atomic E-state index is 12.8. The van der Waals surface area contributed by atoms with Crippen LogP contribution in [0.2, 0.25) is 0 Å². The highest BCUT2D eigenvalue weighted by molar-refractivity contribution is 5.97. The van der Waals surface area contributed by atoms with Gasteiger partial charge in [-0.2, -0.15) is 0 Å². The molecule has 23 heavy (non-hydrogen) atoms. The van der Waals surface area contributed by atoms with Crippen molar-refractivity contribution in [1.29, 1.82) is 0 Å². The van der Waals surface area contributed by atoms with Crippen molar-refractivity contribution in [3.63, 3.8) is 0 Å². The van der Waals surface area contributed by atoms with Crippen molar-refractivity contribution in [2.75, 3.05) is 26.3 Å². The van der Waals surface area contributed by atoms with Crippen LogP contribution >= 0.6 is 0 Å². The zero-order chi connectivity index (χ0) is 16.7. The number of rotatable bonds is 7. The number of hydrogen-bond donors (Lipinski definition) is 0. The quantitative estimate of drug-likeness (QED) is 0.725. The minimum Gasteiger partial charge on any atom is -0.381 e. The lowest BCUT2D eigenvalue weighted by molar-refractivity contribution is -0.133. The summed E-state index contributed by atoms with van der Waals surface area (Å²) >= 11 is 0. The number of benzene rings is 1. The second-order valence-corrected chi connectivity index (χ2v) is 5.94. The van der Waals surface area contributed by atoms with Crippen molar-refractivity contribution >= 4 is 11.7 Å². The number of ketones is 1. The van der Waals surface area contributed by atoms with Gasteiger partial charge < -0.3 is 9.64 Å². The zero-order valence-corrected chi connectivity index (χ0v) is 13.6. The van der Waals surface area contributed by atoms with Gasteiger partial charge in [-0.3, -0.25) is 9.59 Å². The van der Waals surface area contributed by atoms with E-state index in [1.54, 1.807) is 0 Å². The Hall–Kier alpha value is -1.75. The first-order valence-corrected chi connectivity index (χ1v) is 8.24. The first-order valence-electron chi connectivity index (χ1n) is 8.24.